The summed E-state index contributed by atoms with van der Waals surface area (Å²) in [5.74, 6) is -0.347. The zero-order chi connectivity index (χ0) is 10.1. The number of methoxy groups -OCH3 is 1. The Labute approximate surface area is 81.8 Å². The first kappa shape index (κ1) is 9.21. The Kier molecular flexibility index (Phi) is 2.25. The number of hydrogen-bond acceptors (Lipinski definition) is 4. The van der Waals surface area contributed by atoms with Crippen molar-refractivity contribution in [2.45, 2.75) is 24.9 Å². The first-order chi connectivity index (χ1) is 6.70. The first-order valence-electron chi connectivity index (χ1n) is 4.58. The van der Waals surface area contributed by atoms with E-state index in [9.17, 15) is 4.79 Å². The van der Waals surface area contributed by atoms with Gasteiger partial charge in [-0.05, 0) is 12.8 Å². The fraction of sp³-hybridized carbons (Fsp3) is 0.556. The highest BCUT2D eigenvalue weighted by atomic mass is 16.5. The second-order valence-corrected chi connectivity index (χ2v) is 3.59. The molecule has 0 spiro atoms. The lowest BCUT2D eigenvalue weighted by atomic mass is 9.88. The average Bonchev–Trinajstić information content (AvgIpc) is 2.60. The zero-order valence-corrected chi connectivity index (χ0v) is 8.01. The molecule has 76 valence electrons. The van der Waals surface area contributed by atoms with Gasteiger partial charge in [0.1, 0.15) is 0 Å². The minimum absolute atomic E-state index is 0.283. The Morgan fingerprint density at radius 1 is 1.71 bits per heavy atom. The van der Waals surface area contributed by atoms with Crippen LogP contribution in [0.2, 0.25) is 0 Å². The van der Waals surface area contributed by atoms with Crippen molar-refractivity contribution in [3.05, 3.63) is 18.0 Å². The van der Waals surface area contributed by atoms with Crippen molar-refractivity contribution in [3.8, 4) is 0 Å². The molecule has 0 radical (unpaired) electrons. The Bertz CT molecular complexity index is 342. The van der Waals surface area contributed by atoms with E-state index in [0.717, 1.165) is 12.8 Å². The largest absolute Gasteiger partial charge is 0.465 e. The molecule has 0 amide bonds. The van der Waals surface area contributed by atoms with E-state index in [1.54, 1.807) is 10.9 Å². The van der Waals surface area contributed by atoms with Gasteiger partial charge < -0.3 is 10.5 Å². The normalized spacial score (nSPS) is 25.6. The number of ether oxygens (including phenoxy) is 1. The molecule has 0 saturated heterocycles. The third kappa shape index (κ3) is 1.50. The van der Waals surface area contributed by atoms with Crippen molar-refractivity contribution in [3.63, 3.8) is 0 Å². The lowest BCUT2D eigenvalue weighted by Crippen LogP contribution is -2.37. The van der Waals surface area contributed by atoms with E-state index >= 15 is 0 Å². The molecule has 1 aliphatic rings. The average molecular weight is 195 g/mol. The standard InChI is InChI=1S/C9H13N3O2/c1-14-9(13)6-4-11-12(5-6)8-2-7(10)3-8/h4-5,7-8H,2-3,10H2,1H3. The molecule has 1 aromatic heterocycles. The maximum atomic E-state index is 11.1. The van der Waals surface area contributed by atoms with E-state index in [1.165, 1.54) is 13.3 Å². The fourth-order valence-corrected chi connectivity index (χ4v) is 1.61. The summed E-state index contributed by atoms with van der Waals surface area (Å²) >= 11 is 0. The van der Waals surface area contributed by atoms with Crippen LogP contribution in [-0.4, -0.2) is 28.9 Å². The number of hydrogen-bond donors (Lipinski definition) is 1. The van der Waals surface area contributed by atoms with Gasteiger partial charge in [-0.3, -0.25) is 4.68 Å². The van der Waals surface area contributed by atoms with Crippen molar-refractivity contribution < 1.29 is 9.53 Å². The summed E-state index contributed by atoms with van der Waals surface area (Å²) in [4.78, 5) is 11.1. The SMILES string of the molecule is COC(=O)c1cnn(C2CC(N)C2)c1. The topological polar surface area (TPSA) is 70.1 Å². The quantitative estimate of drug-likeness (QED) is 0.690. The Balaban J connectivity index is 2.07. The summed E-state index contributed by atoms with van der Waals surface area (Å²) in [7, 11) is 1.36. The number of esters is 1. The summed E-state index contributed by atoms with van der Waals surface area (Å²) in [6, 6.07) is 0.634. The Morgan fingerprint density at radius 2 is 2.43 bits per heavy atom. The first-order valence-corrected chi connectivity index (χ1v) is 4.58. The van der Waals surface area contributed by atoms with Gasteiger partial charge in [0.05, 0.1) is 24.9 Å². The van der Waals surface area contributed by atoms with Crippen molar-refractivity contribution in [1.29, 1.82) is 0 Å². The van der Waals surface area contributed by atoms with Crippen LogP contribution in [-0.2, 0) is 4.74 Å². The lowest BCUT2D eigenvalue weighted by Gasteiger charge is -2.32. The van der Waals surface area contributed by atoms with Gasteiger partial charge in [0.2, 0.25) is 0 Å². The molecule has 0 aromatic carbocycles. The smallest absolute Gasteiger partial charge is 0.341 e. The second-order valence-electron chi connectivity index (χ2n) is 3.59. The number of carbonyl (C=O) groups is 1. The van der Waals surface area contributed by atoms with Crippen LogP contribution < -0.4 is 5.73 Å². The monoisotopic (exact) mass is 195 g/mol. The summed E-state index contributed by atoms with van der Waals surface area (Å²) in [6.07, 6.45) is 5.10. The van der Waals surface area contributed by atoms with Crippen molar-refractivity contribution in [1.82, 2.24) is 9.78 Å². The minimum Gasteiger partial charge on any atom is -0.465 e. The van der Waals surface area contributed by atoms with E-state index in [-0.39, 0.29) is 12.0 Å². The third-order valence-electron chi connectivity index (χ3n) is 2.55. The number of rotatable bonds is 2. The van der Waals surface area contributed by atoms with Gasteiger partial charge >= 0.3 is 5.97 Å². The molecule has 1 fully saturated rings. The van der Waals surface area contributed by atoms with Crippen molar-refractivity contribution in [2.24, 2.45) is 5.73 Å². The van der Waals surface area contributed by atoms with Crippen LogP contribution in [0.15, 0.2) is 12.4 Å². The van der Waals surface area contributed by atoms with Gasteiger partial charge in [-0.25, -0.2) is 4.79 Å². The number of nitrogens with zero attached hydrogens (tertiary/aromatic N) is 2. The molecule has 1 heterocycles. The zero-order valence-electron chi connectivity index (χ0n) is 8.01. The molecule has 1 aliphatic carbocycles. The number of nitrogens with two attached hydrogens (primary N) is 1. The summed E-state index contributed by atoms with van der Waals surface area (Å²) < 4.78 is 6.37. The molecule has 0 aliphatic heterocycles. The summed E-state index contributed by atoms with van der Waals surface area (Å²) in [6.45, 7) is 0. The minimum atomic E-state index is -0.347. The predicted octanol–water partition coefficient (Wildman–Crippen LogP) is 0.332. The number of aromatic nitrogens is 2. The highest BCUT2D eigenvalue weighted by molar-refractivity contribution is 5.88. The van der Waals surface area contributed by atoms with E-state index in [2.05, 4.69) is 9.84 Å². The number of carbonyl (C=O) groups excluding carboxylic acids is 1. The molecule has 0 bridgehead atoms. The van der Waals surface area contributed by atoms with Gasteiger partial charge in [0.15, 0.2) is 0 Å². The van der Waals surface area contributed by atoms with E-state index in [0.29, 0.717) is 11.6 Å². The van der Waals surface area contributed by atoms with Crippen LogP contribution in [0.4, 0.5) is 0 Å². The molecule has 5 heteroatoms. The van der Waals surface area contributed by atoms with Crippen LogP contribution in [0, 0.1) is 0 Å². The third-order valence-corrected chi connectivity index (χ3v) is 2.55. The molecule has 0 unspecified atom stereocenters. The summed E-state index contributed by atoms with van der Waals surface area (Å²) in [5.41, 5.74) is 6.16. The highest BCUT2D eigenvalue weighted by Crippen LogP contribution is 2.29. The Morgan fingerprint density at radius 3 is 3.00 bits per heavy atom. The maximum Gasteiger partial charge on any atom is 0.341 e. The molecule has 1 saturated carbocycles. The molecule has 14 heavy (non-hydrogen) atoms. The van der Waals surface area contributed by atoms with E-state index in [4.69, 9.17) is 5.73 Å². The fourth-order valence-electron chi connectivity index (χ4n) is 1.61. The van der Waals surface area contributed by atoms with Crippen LogP contribution in [0.3, 0.4) is 0 Å². The second kappa shape index (κ2) is 3.42. The predicted molar refractivity (Wildman–Crippen MR) is 49.8 cm³/mol. The molecule has 2 N–H and O–H groups in total. The highest BCUT2D eigenvalue weighted by Gasteiger charge is 2.28. The molecular weight excluding hydrogens is 182 g/mol. The van der Waals surface area contributed by atoms with Gasteiger partial charge in [0.25, 0.3) is 0 Å². The van der Waals surface area contributed by atoms with Gasteiger partial charge in [0, 0.05) is 12.2 Å². The van der Waals surface area contributed by atoms with Gasteiger partial charge in [-0.2, -0.15) is 5.10 Å². The van der Waals surface area contributed by atoms with Crippen molar-refractivity contribution in [2.75, 3.05) is 7.11 Å². The van der Waals surface area contributed by atoms with Crippen LogP contribution in [0.5, 0.6) is 0 Å². The lowest BCUT2D eigenvalue weighted by molar-refractivity contribution is 0.0600. The summed E-state index contributed by atoms with van der Waals surface area (Å²) in [5, 5.41) is 4.10. The van der Waals surface area contributed by atoms with E-state index in [1.807, 2.05) is 0 Å². The van der Waals surface area contributed by atoms with Gasteiger partial charge in [-0.1, -0.05) is 0 Å². The molecule has 1 aromatic rings. The van der Waals surface area contributed by atoms with Gasteiger partial charge in [-0.15, -0.1) is 0 Å². The molecular formula is C9H13N3O2. The van der Waals surface area contributed by atoms with Crippen LogP contribution in [0.25, 0.3) is 0 Å². The molecule has 0 atom stereocenters. The Hall–Kier alpha value is -1.36. The van der Waals surface area contributed by atoms with E-state index < -0.39 is 0 Å². The van der Waals surface area contributed by atoms with Crippen molar-refractivity contribution >= 4 is 5.97 Å². The maximum absolute atomic E-state index is 11.1. The van der Waals surface area contributed by atoms with Crippen LogP contribution >= 0.6 is 0 Å². The molecule has 5 nitrogen and oxygen atoms in total. The van der Waals surface area contributed by atoms with Crippen LogP contribution in [0.1, 0.15) is 29.2 Å². The molecule has 2 rings (SSSR count).